The van der Waals surface area contributed by atoms with E-state index in [1.54, 1.807) is 20.8 Å². The van der Waals surface area contributed by atoms with Crippen molar-refractivity contribution in [3.63, 3.8) is 0 Å². The van der Waals surface area contributed by atoms with Gasteiger partial charge in [0.05, 0.1) is 7.11 Å². The van der Waals surface area contributed by atoms with Crippen LogP contribution in [0.25, 0.3) is 0 Å². The highest BCUT2D eigenvalue weighted by Gasteiger charge is 2.73. The lowest BCUT2D eigenvalue weighted by atomic mass is 9.81. The quantitative estimate of drug-likeness (QED) is 0.568. The minimum atomic E-state index is -4.17. The Labute approximate surface area is 105 Å². The summed E-state index contributed by atoms with van der Waals surface area (Å²) in [6, 6.07) is 0. The van der Waals surface area contributed by atoms with Crippen LogP contribution in [0.2, 0.25) is 0 Å². The first-order chi connectivity index (χ1) is 8.09. The molecule has 18 heavy (non-hydrogen) atoms. The lowest BCUT2D eigenvalue weighted by Crippen LogP contribution is -2.38. The Morgan fingerprint density at radius 1 is 1.39 bits per heavy atom. The number of carbonyl (C=O) groups is 1. The molecular formula is C12H19F3O3. The van der Waals surface area contributed by atoms with Crippen molar-refractivity contribution in [3.05, 3.63) is 0 Å². The number of carbonyl (C=O) groups excluding carboxylic acids is 1. The minimum Gasteiger partial charge on any atom is -0.467 e. The number of hydrogen-bond acceptors (Lipinski definition) is 3. The largest absolute Gasteiger partial charge is 0.467 e. The smallest absolute Gasteiger partial charge is 0.389 e. The van der Waals surface area contributed by atoms with Crippen LogP contribution in [0.4, 0.5) is 13.2 Å². The number of hydrogen-bond donors (Lipinski definition) is 0. The number of halogens is 3. The van der Waals surface area contributed by atoms with Gasteiger partial charge in [0, 0.05) is 6.42 Å². The molecule has 1 rings (SSSR count). The molecule has 1 aliphatic rings. The van der Waals surface area contributed by atoms with E-state index in [9.17, 15) is 18.0 Å². The lowest BCUT2D eigenvalue weighted by molar-refractivity contribution is -0.148. The van der Waals surface area contributed by atoms with Gasteiger partial charge in [0.25, 0.3) is 0 Å². The Morgan fingerprint density at radius 2 is 1.94 bits per heavy atom. The third-order valence-corrected chi connectivity index (χ3v) is 3.55. The summed E-state index contributed by atoms with van der Waals surface area (Å²) in [7, 11) is 1.25. The van der Waals surface area contributed by atoms with E-state index in [0.29, 0.717) is 0 Å². The number of epoxide rings is 1. The van der Waals surface area contributed by atoms with Crippen molar-refractivity contribution in [1.29, 1.82) is 0 Å². The Kier molecular flexibility index (Phi) is 4.00. The van der Waals surface area contributed by atoms with Gasteiger partial charge in [-0.3, -0.25) is 0 Å². The highest BCUT2D eigenvalue weighted by atomic mass is 19.4. The molecule has 0 aromatic rings. The van der Waals surface area contributed by atoms with E-state index in [0.717, 1.165) is 0 Å². The van der Waals surface area contributed by atoms with Gasteiger partial charge in [-0.1, -0.05) is 13.8 Å². The third kappa shape index (κ3) is 2.63. The van der Waals surface area contributed by atoms with Crippen molar-refractivity contribution in [3.8, 4) is 0 Å². The molecular weight excluding hydrogens is 249 g/mol. The molecule has 0 amide bonds. The summed E-state index contributed by atoms with van der Waals surface area (Å²) in [6.45, 7) is 5.26. The average Bonchev–Trinajstić information content (AvgIpc) is 2.83. The van der Waals surface area contributed by atoms with Crippen molar-refractivity contribution < 1.29 is 27.4 Å². The second-order valence-electron chi connectivity index (χ2n) is 5.18. The first-order valence-corrected chi connectivity index (χ1v) is 5.94. The van der Waals surface area contributed by atoms with Crippen molar-refractivity contribution in [2.75, 3.05) is 7.11 Å². The maximum atomic E-state index is 12.1. The molecule has 1 heterocycles. The Hall–Kier alpha value is -0.780. The van der Waals surface area contributed by atoms with Crippen molar-refractivity contribution in [2.24, 2.45) is 5.92 Å². The van der Waals surface area contributed by atoms with E-state index in [4.69, 9.17) is 9.47 Å². The monoisotopic (exact) mass is 268 g/mol. The normalized spacial score (nSPS) is 31.6. The van der Waals surface area contributed by atoms with Gasteiger partial charge in [-0.05, 0) is 25.7 Å². The summed E-state index contributed by atoms with van der Waals surface area (Å²) in [6.07, 6.45) is -4.89. The average molecular weight is 268 g/mol. The van der Waals surface area contributed by atoms with Crippen LogP contribution in [0.5, 0.6) is 0 Å². The summed E-state index contributed by atoms with van der Waals surface area (Å²) in [4.78, 5) is 11.7. The topological polar surface area (TPSA) is 38.8 Å². The van der Waals surface area contributed by atoms with Gasteiger partial charge in [-0.2, -0.15) is 13.2 Å². The maximum Gasteiger partial charge on any atom is 0.389 e. The molecule has 0 radical (unpaired) electrons. The minimum absolute atomic E-state index is 0.0501. The molecule has 0 N–H and O–H groups in total. The molecule has 2 atom stereocenters. The number of ether oxygens (including phenoxy) is 2. The zero-order chi connectivity index (χ0) is 14.2. The third-order valence-electron chi connectivity index (χ3n) is 3.55. The predicted octanol–water partition coefficient (Wildman–Crippen LogP) is 3.08. The van der Waals surface area contributed by atoms with E-state index in [1.807, 2.05) is 0 Å². The van der Waals surface area contributed by atoms with Gasteiger partial charge >= 0.3 is 12.1 Å². The lowest BCUT2D eigenvalue weighted by Gasteiger charge is -2.18. The van der Waals surface area contributed by atoms with E-state index >= 15 is 0 Å². The number of rotatable bonds is 5. The van der Waals surface area contributed by atoms with Crippen LogP contribution in [0, 0.1) is 5.92 Å². The molecule has 6 heteroatoms. The van der Waals surface area contributed by atoms with Gasteiger partial charge in [0.15, 0.2) is 5.60 Å². The molecule has 0 aromatic carbocycles. The van der Waals surface area contributed by atoms with Crippen LogP contribution >= 0.6 is 0 Å². The molecule has 0 aromatic heterocycles. The predicted molar refractivity (Wildman–Crippen MR) is 59.0 cm³/mol. The van der Waals surface area contributed by atoms with Crippen molar-refractivity contribution in [2.45, 2.75) is 57.4 Å². The Bertz CT molecular complexity index is 327. The second kappa shape index (κ2) is 4.72. The van der Waals surface area contributed by atoms with Crippen LogP contribution < -0.4 is 0 Å². The fourth-order valence-corrected chi connectivity index (χ4v) is 2.57. The summed E-state index contributed by atoms with van der Waals surface area (Å²) in [5.74, 6) is -0.646. The van der Waals surface area contributed by atoms with Crippen molar-refractivity contribution >= 4 is 5.97 Å². The molecule has 106 valence electrons. The van der Waals surface area contributed by atoms with Gasteiger partial charge < -0.3 is 9.47 Å². The molecule has 0 spiro atoms. The molecule has 0 bridgehead atoms. The van der Waals surface area contributed by atoms with Gasteiger partial charge in [0.2, 0.25) is 0 Å². The molecule has 1 aliphatic heterocycles. The van der Waals surface area contributed by atoms with Crippen LogP contribution in [-0.4, -0.2) is 30.5 Å². The van der Waals surface area contributed by atoms with Gasteiger partial charge in [0.1, 0.15) is 5.60 Å². The molecule has 2 unspecified atom stereocenters. The van der Waals surface area contributed by atoms with Crippen molar-refractivity contribution in [1.82, 2.24) is 0 Å². The Morgan fingerprint density at radius 3 is 2.33 bits per heavy atom. The molecule has 1 fully saturated rings. The van der Waals surface area contributed by atoms with Crippen LogP contribution in [0.15, 0.2) is 0 Å². The second-order valence-corrected chi connectivity index (χ2v) is 5.18. The summed E-state index contributed by atoms with van der Waals surface area (Å²) < 4.78 is 46.5. The highest BCUT2D eigenvalue weighted by molar-refractivity contribution is 5.85. The number of alkyl halides is 3. The molecule has 1 saturated heterocycles. The fourth-order valence-electron chi connectivity index (χ4n) is 2.57. The van der Waals surface area contributed by atoms with Gasteiger partial charge in [-0.25, -0.2) is 4.79 Å². The number of methoxy groups -OCH3 is 1. The van der Waals surface area contributed by atoms with E-state index in [2.05, 4.69) is 0 Å². The highest BCUT2D eigenvalue weighted by Crippen LogP contribution is 2.56. The Balaban J connectivity index is 2.64. The maximum absolute atomic E-state index is 12.1. The fraction of sp³-hybridized carbons (Fsp3) is 0.917. The van der Waals surface area contributed by atoms with E-state index in [-0.39, 0.29) is 18.8 Å². The summed E-state index contributed by atoms with van der Waals surface area (Å²) >= 11 is 0. The van der Waals surface area contributed by atoms with Gasteiger partial charge in [-0.15, -0.1) is 0 Å². The van der Waals surface area contributed by atoms with E-state index in [1.165, 1.54) is 7.11 Å². The zero-order valence-electron chi connectivity index (χ0n) is 11.1. The summed E-state index contributed by atoms with van der Waals surface area (Å²) in [5, 5.41) is 0. The first-order valence-electron chi connectivity index (χ1n) is 5.94. The van der Waals surface area contributed by atoms with Crippen LogP contribution in [0.3, 0.4) is 0 Å². The van der Waals surface area contributed by atoms with Crippen LogP contribution in [-0.2, 0) is 14.3 Å². The molecule has 3 nitrogen and oxygen atoms in total. The zero-order valence-corrected chi connectivity index (χ0v) is 11.1. The molecule has 0 aliphatic carbocycles. The summed E-state index contributed by atoms with van der Waals surface area (Å²) in [5.41, 5.74) is -1.94. The molecule has 0 saturated carbocycles. The first kappa shape index (κ1) is 15.3. The van der Waals surface area contributed by atoms with Crippen LogP contribution in [0.1, 0.15) is 40.0 Å². The standard InChI is InChI=1S/C12H19F3O3/c1-8(2)12(9(16)17-4)10(3,18-12)6-5-7-11(13,14)15/h8H,5-7H2,1-4H3. The van der Waals surface area contributed by atoms with E-state index < -0.39 is 29.8 Å². The SMILES string of the molecule is COC(=O)C1(C(C)C)OC1(C)CCCC(F)(F)F. The number of esters is 1.